The number of rotatable bonds is 5. The topological polar surface area (TPSA) is 80.1 Å². The van der Waals surface area contributed by atoms with Crippen molar-refractivity contribution in [3.05, 3.63) is 46.8 Å². The van der Waals surface area contributed by atoms with Crippen molar-refractivity contribution in [1.29, 1.82) is 0 Å². The van der Waals surface area contributed by atoms with Crippen LogP contribution in [0, 0.1) is 18.6 Å². The third kappa shape index (κ3) is 3.61. The van der Waals surface area contributed by atoms with Crippen LogP contribution < -0.4 is 5.32 Å². The first kappa shape index (κ1) is 18.5. The zero-order valence-corrected chi connectivity index (χ0v) is 15.5. The number of nitrogens with one attached hydrogen (secondary N) is 1. The van der Waals surface area contributed by atoms with Crippen LogP contribution in [-0.2, 0) is 11.3 Å². The molecule has 2 fully saturated rings. The van der Waals surface area contributed by atoms with E-state index in [1.165, 1.54) is 21.7 Å². The number of amides is 2. The number of halogens is 2. The molecule has 2 aromatic rings. The van der Waals surface area contributed by atoms with Crippen LogP contribution in [0.5, 0.6) is 0 Å². The third-order valence-electron chi connectivity index (χ3n) is 5.26. The van der Waals surface area contributed by atoms with E-state index in [4.69, 9.17) is 0 Å². The van der Waals surface area contributed by atoms with E-state index in [-0.39, 0.29) is 35.7 Å². The van der Waals surface area contributed by atoms with Crippen molar-refractivity contribution in [2.75, 3.05) is 6.54 Å². The van der Waals surface area contributed by atoms with Crippen LogP contribution >= 0.6 is 0 Å². The molecule has 9 heteroatoms. The van der Waals surface area contributed by atoms with Gasteiger partial charge in [0.15, 0.2) is 5.69 Å². The fourth-order valence-electron chi connectivity index (χ4n) is 3.46. The highest BCUT2D eigenvalue weighted by Gasteiger charge is 2.38. The Balaban J connectivity index is 1.51. The number of nitrogens with zero attached hydrogens (tertiary/aromatic N) is 4. The minimum Gasteiger partial charge on any atom is -0.352 e. The molecule has 148 valence electrons. The van der Waals surface area contributed by atoms with E-state index in [1.807, 2.05) is 0 Å². The van der Waals surface area contributed by atoms with Gasteiger partial charge in [-0.05, 0) is 38.7 Å². The summed E-state index contributed by atoms with van der Waals surface area (Å²) >= 11 is 0. The Hall–Kier alpha value is -2.84. The Morgan fingerprint density at radius 1 is 1.25 bits per heavy atom. The molecule has 1 saturated carbocycles. The quantitative estimate of drug-likeness (QED) is 0.846. The van der Waals surface area contributed by atoms with Gasteiger partial charge in [-0.3, -0.25) is 9.59 Å². The number of carbonyl (C=O) groups excluding carboxylic acids is 2. The van der Waals surface area contributed by atoms with Crippen molar-refractivity contribution in [2.45, 2.75) is 51.2 Å². The molecule has 1 saturated heterocycles. The summed E-state index contributed by atoms with van der Waals surface area (Å²) in [6, 6.07) is 3.06. The van der Waals surface area contributed by atoms with E-state index in [0.29, 0.717) is 18.7 Å². The number of benzene rings is 1. The normalized spacial score (nSPS) is 19.1. The minimum atomic E-state index is -0.681. The zero-order valence-electron chi connectivity index (χ0n) is 15.5. The maximum atomic E-state index is 13.9. The van der Waals surface area contributed by atoms with Crippen LogP contribution in [0.25, 0.3) is 0 Å². The number of hydrogen-bond donors (Lipinski definition) is 1. The molecule has 4 rings (SSSR count). The highest BCUT2D eigenvalue weighted by atomic mass is 19.1. The van der Waals surface area contributed by atoms with E-state index in [2.05, 4.69) is 15.6 Å². The second-order valence-electron chi connectivity index (χ2n) is 7.36. The van der Waals surface area contributed by atoms with Gasteiger partial charge in [0.1, 0.15) is 17.7 Å². The van der Waals surface area contributed by atoms with Gasteiger partial charge in [-0.15, -0.1) is 5.10 Å². The lowest BCUT2D eigenvalue weighted by atomic mass is 10.2. The lowest BCUT2D eigenvalue weighted by Gasteiger charge is -2.23. The van der Waals surface area contributed by atoms with Crippen LogP contribution in [0.15, 0.2) is 18.2 Å². The van der Waals surface area contributed by atoms with Crippen LogP contribution in [-0.4, -0.2) is 50.3 Å². The molecule has 2 aliphatic rings. The molecule has 1 N–H and O–H groups in total. The van der Waals surface area contributed by atoms with Crippen LogP contribution in [0.4, 0.5) is 8.78 Å². The second-order valence-corrected chi connectivity index (χ2v) is 7.36. The average molecular weight is 389 g/mol. The molecule has 1 aromatic carbocycles. The average Bonchev–Trinajstić information content (AvgIpc) is 3.20. The minimum absolute atomic E-state index is 0.0316. The molecule has 1 aliphatic heterocycles. The Labute approximate surface area is 160 Å². The Kier molecular flexibility index (Phi) is 4.82. The lowest BCUT2D eigenvalue weighted by Crippen LogP contribution is -2.46. The molecule has 0 spiro atoms. The largest absolute Gasteiger partial charge is 0.352 e. The van der Waals surface area contributed by atoms with Crippen LogP contribution in [0.2, 0.25) is 0 Å². The summed E-state index contributed by atoms with van der Waals surface area (Å²) in [7, 11) is 0. The molecule has 1 aromatic heterocycles. The SMILES string of the molecule is Cc1c(C(=O)N2CCC[C@H]2C(=O)NC2CC2)nnn1Cc1ccc(F)cc1F. The summed E-state index contributed by atoms with van der Waals surface area (Å²) < 4.78 is 28.4. The number of likely N-dealkylation sites (tertiary alicyclic amines) is 1. The van der Waals surface area contributed by atoms with Gasteiger partial charge in [-0.1, -0.05) is 11.3 Å². The number of carbonyl (C=O) groups is 2. The van der Waals surface area contributed by atoms with Crippen molar-refractivity contribution >= 4 is 11.8 Å². The summed E-state index contributed by atoms with van der Waals surface area (Å²) in [6.07, 6.45) is 3.35. The highest BCUT2D eigenvalue weighted by Crippen LogP contribution is 2.24. The standard InChI is InChI=1S/C19H21F2N5O2/c1-11-17(23-24-26(11)10-12-4-5-13(20)9-15(12)21)19(28)25-8-2-3-16(25)18(27)22-14-6-7-14/h4-5,9,14,16H,2-3,6-8,10H2,1H3,(H,22,27)/t16-/m0/s1. The van der Waals surface area contributed by atoms with E-state index in [0.717, 1.165) is 25.3 Å². The number of hydrogen-bond acceptors (Lipinski definition) is 4. The van der Waals surface area contributed by atoms with Crippen molar-refractivity contribution in [3.63, 3.8) is 0 Å². The lowest BCUT2D eigenvalue weighted by molar-refractivity contribution is -0.125. The molecule has 0 bridgehead atoms. The second kappa shape index (κ2) is 7.29. The summed E-state index contributed by atoms with van der Waals surface area (Å²) in [5.41, 5.74) is 0.867. The smallest absolute Gasteiger partial charge is 0.277 e. The Morgan fingerprint density at radius 3 is 2.75 bits per heavy atom. The van der Waals surface area contributed by atoms with Crippen molar-refractivity contribution in [3.8, 4) is 0 Å². The summed E-state index contributed by atoms with van der Waals surface area (Å²) in [5.74, 6) is -1.81. The van der Waals surface area contributed by atoms with Crippen LogP contribution in [0.1, 0.15) is 47.4 Å². The van der Waals surface area contributed by atoms with Crippen molar-refractivity contribution < 1.29 is 18.4 Å². The molecular formula is C19H21F2N5O2. The van der Waals surface area contributed by atoms with Crippen LogP contribution in [0.3, 0.4) is 0 Å². The zero-order chi connectivity index (χ0) is 19.8. The van der Waals surface area contributed by atoms with E-state index >= 15 is 0 Å². The predicted octanol–water partition coefficient (Wildman–Crippen LogP) is 1.80. The Bertz CT molecular complexity index is 925. The molecule has 1 atom stereocenters. The third-order valence-corrected chi connectivity index (χ3v) is 5.26. The van der Waals surface area contributed by atoms with Gasteiger partial charge in [0, 0.05) is 24.2 Å². The molecule has 7 nitrogen and oxygen atoms in total. The van der Waals surface area contributed by atoms with Gasteiger partial charge in [0.2, 0.25) is 5.91 Å². The summed E-state index contributed by atoms with van der Waals surface area (Å²) in [5, 5.41) is 10.9. The first-order valence-electron chi connectivity index (χ1n) is 9.39. The Morgan fingerprint density at radius 2 is 2.04 bits per heavy atom. The molecule has 2 amide bonds. The first-order valence-corrected chi connectivity index (χ1v) is 9.39. The van der Waals surface area contributed by atoms with Gasteiger partial charge < -0.3 is 10.2 Å². The van der Waals surface area contributed by atoms with Crippen molar-refractivity contribution in [2.24, 2.45) is 0 Å². The van der Waals surface area contributed by atoms with Gasteiger partial charge >= 0.3 is 0 Å². The van der Waals surface area contributed by atoms with E-state index in [1.54, 1.807) is 6.92 Å². The summed E-state index contributed by atoms with van der Waals surface area (Å²) in [4.78, 5) is 26.9. The monoisotopic (exact) mass is 389 g/mol. The maximum Gasteiger partial charge on any atom is 0.277 e. The first-order chi connectivity index (χ1) is 13.4. The molecule has 2 heterocycles. The van der Waals surface area contributed by atoms with Gasteiger partial charge in [0.05, 0.1) is 12.2 Å². The van der Waals surface area contributed by atoms with Gasteiger partial charge in [-0.25, -0.2) is 13.5 Å². The summed E-state index contributed by atoms with van der Waals surface area (Å²) in [6.45, 7) is 2.19. The molecule has 0 radical (unpaired) electrons. The number of aromatic nitrogens is 3. The fourth-order valence-corrected chi connectivity index (χ4v) is 3.46. The van der Waals surface area contributed by atoms with E-state index < -0.39 is 17.7 Å². The molecule has 28 heavy (non-hydrogen) atoms. The molecular weight excluding hydrogens is 368 g/mol. The van der Waals surface area contributed by atoms with Gasteiger partial charge in [-0.2, -0.15) is 0 Å². The fraction of sp³-hybridized carbons (Fsp3) is 0.474. The highest BCUT2D eigenvalue weighted by molar-refractivity contribution is 5.97. The molecule has 0 unspecified atom stereocenters. The van der Waals surface area contributed by atoms with E-state index in [9.17, 15) is 18.4 Å². The van der Waals surface area contributed by atoms with Crippen molar-refractivity contribution in [1.82, 2.24) is 25.2 Å². The van der Waals surface area contributed by atoms with Gasteiger partial charge in [0.25, 0.3) is 5.91 Å². The molecule has 1 aliphatic carbocycles. The predicted molar refractivity (Wildman–Crippen MR) is 95.4 cm³/mol. The maximum absolute atomic E-state index is 13.9.